The van der Waals surface area contributed by atoms with Gasteiger partial charge in [-0.15, -0.1) is 0 Å². The van der Waals surface area contributed by atoms with E-state index in [0.29, 0.717) is 33.8 Å². The van der Waals surface area contributed by atoms with Crippen LogP contribution in [0.25, 0.3) is 5.52 Å². The van der Waals surface area contributed by atoms with Crippen LogP contribution < -0.4 is 10.3 Å². The molecule has 2 heterocycles. The Morgan fingerprint density at radius 2 is 1.49 bits per heavy atom. The molecule has 4 atom stereocenters. The number of ether oxygens (including phenoxy) is 3. The fourth-order valence-corrected chi connectivity index (χ4v) is 9.59. The van der Waals surface area contributed by atoms with Crippen LogP contribution in [0.15, 0.2) is 60.9 Å². The molecule has 0 saturated heterocycles. The molecule has 0 saturated carbocycles. The second kappa shape index (κ2) is 29.3. The van der Waals surface area contributed by atoms with Crippen molar-refractivity contribution in [2.45, 2.75) is 173 Å². The lowest BCUT2D eigenvalue weighted by Crippen LogP contribution is -2.39. The number of hydrogen-bond donors (Lipinski definition) is 2. The number of aliphatic hydroxyl groups is 1. The number of anilines is 1. The van der Waals surface area contributed by atoms with Crippen molar-refractivity contribution >= 4 is 42.4 Å². The first kappa shape index (κ1) is 55.8. The van der Waals surface area contributed by atoms with Gasteiger partial charge in [-0.1, -0.05) is 151 Å². The number of nitriles is 2. The minimum atomic E-state index is -4.62. The maximum atomic E-state index is 14.8. The highest BCUT2D eigenvalue weighted by molar-refractivity contribution is 7.49. The van der Waals surface area contributed by atoms with Gasteiger partial charge in [0.1, 0.15) is 36.4 Å². The molecule has 0 spiro atoms. The van der Waals surface area contributed by atoms with Crippen LogP contribution in [0.4, 0.5) is 5.82 Å². The third kappa shape index (κ3) is 20.0. The number of nitrogens with zero attached hydrogens (tertiary/aromatic N) is 5. The number of nitrogens with two attached hydrogens (primary N) is 1. The summed E-state index contributed by atoms with van der Waals surface area (Å²) in [6.45, 7) is 4.41. The van der Waals surface area contributed by atoms with Gasteiger partial charge in [0.05, 0.1) is 41.7 Å². The van der Waals surface area contributed by atoms with Gasteiger partial charge in [0.2, 0.25) is 0 Å². The fourth-order valence-electron chi connectivity index (χ4n) is 7.81. The minimum absolute atomic E-state index is 0.0289. The second-order valence-electron chi connectivity index (χ2n) is 17.6. The number of benzene rings is 2. The van der Waals surface area contributed by atoms with Crippen molar-refractivity contribution in [1.29, 1.82) is 10.5 Å². The molecule has 0 aliphatic rings. The predicted octanol–water partition coefficient (Wildman–Crippen LogP) is 13.4. The summed E-state index contributed by atoms with van der Waals surface area (Å²) in [6.07, 6.45) is 21.3. The topological polar surface area (TPSA) is 196 Å². The molecule has 0 fully saturated rings. The maximum Gasteiger partial charge on any atom is 0.530 e. The molecule has 0 aliphatic carbocycles. The van der Waals surface area contributed by atoms with E-state index in [9.17, 15) is 20.2 Å². The normalized spacial score (nSPS) is 14.5. The third-order valence-electron chi connectivity index (χ3n) is 11.5. The molecule has 0 aliphatic heterocycles. The third-order valence-corrected chi connectivity index (χ3v) is 13.4. The average Bonchev–Trinajstić information content (AvgIpc) is 3.75. The Kier molecular flexibility index (Phi) is 24.4. The number of aromatic nitrogens is 3. The van der Waals surface area contributed by atoms with Gasteiger partial charge < -0.3 is 29.6 Å². The SMILES string of the molecule is CCCCCCCCCCCCCCCCCCC[C@H](COP(=O)(OC[C@](C#N)(CC(OC(C)(C)O)c1ccc2c(N)ncnn12)OC)Oc1ccccc1Cl)OCc1cc(Cl)cc(C#N)c1. The quantitative estimate of drug-likeness (QED) is 0.0251. The highest BCUT2D eigenvalue weighted by atomic mass is 35.5. The molecule has 0 radical (unpaired) electrons. The van der Waals surface area contributed by atoms with E-state index < -0.39 is 38.0 Å². The average molecular weight is 986 g/mol. The van der Waals surface area contributed by atoms with Crippen LogP contribution in [0.1, 0.15) is 166 Å². The lowest BCUT2D eigenvalue weighted by atomic mass is 9.96. The summed E-state index contributed by atoms with van der Waals surface area (Å²) in [5, 5.41) is 35.9. The summed E-state index contributed by atoms with van der Waals surface area (Å²) >= 11 is 12.8. The van der Waals surface area contributed by atoms with Gasteiger partial charge in [0, 0.05) is 18.6 Å². The maximum absolute atomic E-state index is 14.8. The Hall–Kier alpha value is -3.79. The molecule has 17 heteroatoms. The van der Waals surface area contributed by atoms with Gasteiger partial charge in [-0.3, -0.25) is 9.05 Å². The van der Waals surface area contributed by atoms with Crippen molar-refractivity contribution in [2.24, 2.45) is 0 Å². The lowest BCUT2D eigenvalue weighted by molar-refractivity contribution is -0.219. The van der Waals surface area contributed by atoms with E-state index in [-0.39, 0.29) is 36.2 Å². The van der Waals surface area contributed by atoms with E-state index in [0.717, 1.165) is 25.7 Å². The first-order valence-electron chi connectivity index (χ1n) is 23.8. The van der Waals surface area contributed by atoms with Gasteiger partial charge >= 0.3 is 7.82 Å². The molecule has 2 aromatic carbocycles. The lowest BCUT2D eigenvalue weighted by Gasteiger charge is -2.33. The van der Waals surface area contributed by atoms with Crippen molar-refractivity contribution in [1.82, 2.24) is 14.6 Å². The van der Waals surface area contributed by atoms with E-state index in [1.54, 1.807) is 48.5 Å². The number of methoxy groups -OCH3 is 1. The second-order valence-corrected chi connectivity index (χ2v) is 20.1. The number of rotatable bonds is 35. The molecular formula is C50H71Cl2N6O8P. The van der Waals surface area contributed by atoms with Gasteiger partial charge in [0.25, 0.3) is 0 Å². The highest BCUT2D eigenvalue weighted by Crippen LogP contribution is 2.52. The van der Waals surface area contributed by atoms with Crippen LogP contribution >= 0.6 is 31.0 Å². The number of phosphoric acid groups is 1. The minimum Gasteiger partial charge on any atom is -0.402 e. The zero-order valence-electron chi connectivity index (χ0n) is 39.8. The standard InChI is InChI=1S/C50H71Cl2N6O8P/c1-5-6-7-8-9-10-11-12-13-14-15-16-17-18-19-20-21-24-42(62-34-40-29-39(33-53)30-41(51)31-40)35-63-67(60,66-46-26-23-22-25-43(46)52)64-37-50(36-54,61-4)32-47(65-49(2,3)59)44-27-28-45-48(55)56-38-57-58(44)45/h22-23,25-31,38,42,47,59H,5-21,24,32,34-35,37H2,1-4H3,(H2,55,56,57)/t42-,47?,50-,67?/m1/s1. The molecular weight excluding hydrogens is 914 g/mol. The van der Waals surface area contributed by atoms with E-state index >= 15 is 0 Å². The van der Waals surface area contributed by atoms with Crippen molar-refractivity contribution in [3.05, 3.63) is 87.8 Å². The molecule has 2 unspecified atom stereocenters. The summed E-state index contributed by atoms with van der Waals surface area (Å²) in [4.78, 5) is 4.04. The van der Waals surface area contributed by atoms with Crippen LogP contribution in [0.2, 0.25) is 10.0 Å². The number of phosphoric ester groups is 1. The van der Waals surface area contributed by atoms with Gasteiger partial charge in [0.15, 0.2) is 17.2 Å². The number of unbranched alkanes of at least 4 members (excludes halogenated alkanes) is 16. The summed E-state index contributed by atoms with van der Waals surface area (Å²) < 4.78 is 52.6. The van der Waals surface area contributed by atoms with Crippen LogP contribution in [0.3, 0.4) is 0 Å². The molecule has 2 aromatic heterocycles. The van der Waals surface area contributed by atoms with Crippen LogP contribution in [0.5, 0.6) is 5.75 Å². The largest absolute Gasteiger partial charge is 0.530 e. The molecule has 14 nitrogen and oxygen atoms in total. The molecule has 0 amide bonds. The zero-order valence-corrected chi connectivity index (χ0v) is 42.2. The molecule has 67 heavy (non-hydrogen) atoms. The van der Waals surface area contributed by atoms with Gasteiger partial charge in [-0.05, 0) is 68.3 Å². The summed E-state index contributed by atoms with van der Waals surface area (Å²) in [5.41, 5.74) is 6.26. The molecule has 3 N–H and O–H groups in total. The summed E-state index contributed by atoms with van der Waals surface area (Å²) in [7, 11) is -3.31. The van der Waals surface area contributed by atoms with Gasteiger partial charge in [-0.2, -0.15) is 15.6 Å². The van der Waals surface area contributed by atoms with Crippen LogP contribution in [0, 0.1) is 22.7 Å². The highest BCUT2D eigenvalue weighted by Gasteiger charge is 2.42. The van der Waals surface area contributed by atoms with Crippen LogP contribution in [-0.2, 0) is 34.4 Å². The number of hydrogen-bond acceptors (Lipinski definition) is 13. The van der Waals surface area contributed by atoms with E-state index in [4.69, 9.17) is 56.7 Å². The summed E-state index contributed by atoms with van der Waals surface area (Å²) in [5.74, 6) is -1.43. The van der Waals surface area contributed by atoms with Crippen molar-refractivity contribution in [2.75, 3.05) is 26.1 Å². The zero-order chi connectivity index (χ0) is 48.5. The fraction of sp³-hybridized carbons (Fsp3) is 0.600. The number of para-hydroxylation sites is 1. The Balaban J connectivity index is 1.42. The van der Waals surface area contributed by atoms with Gasteiger partial charge in [-0.25, -0.2) is 14.1 Å². The monoisotopic (exact) mass is 984 g/mol. The predicted molar refractivity (Wildman–Crippen MR) is 263 cm³/mol. The molecule has 368 valence electrons. The number of nitrogen functional groups attached to an aromatic ring is 1. The van der Waals surface area contributed by atoms with E-state index in [2.05, 4.69) is 29.1 Å². The van der Waals surface area contributed by atoms with Crippen LogP contribution in [-0.4, -0.2) is 57.5 Å². The first-order valence-corrected chi connectivity index (χ1v) is 26.0. The summed E-state index contributed by atoms with van der Waals surface area (Å²) in [6, 6.07) is 19.1. The number of halogens is 2. The van der Waals surface area contributed by atoms with Crippen molar-refractivity contribution in [3.63, 3.8) is 0 Å². The number of fused-ring (bicyclic) bond motifs is 1. The Labute approximate surface area is 408 Å². The molecule has 4 rings (SSSR count). The van der Waals surface area contributed by atoms with Crippen molar-refractivity contribution in [3.8, 4) is 17.9 Å². The Bertz CT molecular complexity index is 2210. The molecule has 0 bridgehead atoms. The van der Waals surface area contributed by atoms with E-state index in [1.165, 1.54) is 121 Å². The van der Waals surface area contributed by atoms with E-state index in [1.807, 2.05) is 0 Å². The first-order chi connectivity index (χ1) is 32.2. The smallest absolute Gasteiger partial charge is 0.402 e. The molecule has 4 aromatic rings. The van der Waals surface area contributed by atoms with Crippen molar-refractivity contribution < 1.29 is 37.5 Å². The Morgan fingerprint density at radius 1 is 0.866 bits per heavy atom. The Morgan fingerprint density at radius 3 is 2.07 bits per heavy atom.